The molecule has 0 bridgehead atoms. The molecule has 1 aromatic carbocycles. The Hall–Kier alpha value is -2.64. The summed E-state index contributed by atoms with van der Waals surface area (Å²) < 4.78 is 24.2. The standard InChI is InChI=1S/C22H25FN4O2/c1-28-13-10-22(9-3-12-27(16-22)15-17-4-2-11-24-14-17)21-25-20(29-26-21)18-5-7-19(23)8-6-18/h2,4-8,11,14H,3,9-10,12-13,15-16H2,1H3. The molecule has 1 atom stereocenters. The number of aromatic nitrogens is 3. The van der Waals surface area contributed by atoms with Crippen LogP contribution in [0.25, 0.3) is 11.5 Å². The molecule has 6 nitrogen and oxygen atoms in total. The maximum atomic E-state index is 13.2. The van der Waals surface area contributed by atoms with Gasteiger partial charge in [0.05, 0.1) is 0 Å². The summed E-state index contributed by atoms with van der Waals surface area (Å²) in [5.74, 6) is 0.828. The van der Waals surface area contributed by atoms with E-state index in [1.165, 1.54) is 17.7 Å². The Labute approximate surface area is 169 Å². The van der Waals surface area contributed by atoms with Gasteiger partial charge < -0.3 is 9.26 Å². The first-order valence-electron chi connectivity index (χ1n) is 9.89. The molecule has 1 fully saturated rings. The number of likely N-dealkylation sites (tertiary alicyclic amines) is 1. The lowest BCUT2D eigenvalue weighted by atomic mass is 9.76. The van der Waals surface area contributed by atoms with Crippen molar-refractivity contribution in [2.45, 2.75) is 31.2 Å². The molecule has 3 aromatic rings. The fourth-order valence-corrected chi connectivity index (χ4v) is 4.06. The minimum atomic E-state index is -0.289. The van der Waals surface area contributed by atoms with E-state index in [1.54, 1.807) is 25.4 Å². The first-order chi connectivity index (χ1) is 14.2. The zero-order chi connectivity index (χ0) is 20.1. The van der Waals surface area contributed by atoms with Gasteiger partial charge in [-0.05, 0) is 61.7 Å². The van der Waals surface area contributed by atoms with Crippen LogP contribution in [0.15, 0.2) is 53.3 Å². The Morgan fingerprint density at radius 3 is 2.86 bits per heavy atom. The first kappa shape index (κ1) is 19.7. The van der Waals surface area contributed by atoms with E-state index in [-0.39, 0.29) is 11.2 Å². The normalized spacial score (nSPS) is 20.1. The van der Waals surface area contributed by atoms with Crippen molar-refractivity contribution in [1.82, 2.24) is 20.0 Å². The Morgan fingerprint density at radius 2 is 2.10 bits per heavy atom. The van der Waals surface area contributed by atoms with Crippen LogP contribution in [-0.2, 0) is 16.7 Å². The van der Waals surface area contributed by atoms with Gasteiger partial charge in [-0.3, -0.25) is 9.88 Å². The average Bonchev–Trinajstić information content (AvgIpc) is 3.25. The molecule has 7 heteroatoms. The van der Waals surface area contributed by atoms with Crippen LogP contribution >= 0.6 is 0 Å². The number of piperidine rings is 1. The van der Waals surface area contributed by atoms with Crippen molar-refractivity contribution in [2.75, 3.05) is 26.8 Å². The van der Waals surface area contributed by atoms with E-state index in [1.807, 2.05) is 12.3 Å². The van der Waals surface area contributed by atoms with E-state index < -0.39 is 0 Å². The van der Waals surface area contributed by atoms with Gasteiger partial charge in [-0.25, -0.2) is 4.39 Å². The number of hydrogen-bond donors (Lipinski definition) is 0. The van der Waals surface area contributed by atoms with Crippen molar-refractivity contribution in [3.63, 3.8) is 0 Å². The van der Waals surface area contributed by atoms with Crippen molar-refractivity contribution >= 4 is 0 Å². The Morgan fingerprint density at radius 1 is 1.24 bits per heavy atom. The monoisotopic (exact) mass is 396 g/mol. The molecule has 0 aliphatic carbocycles. The lowest BCUT2D eigenvalue weighted by molar-refractivity contribution is 0.0919. The number of pyridine rings is 1. The third-order valence-corrected chi connectivity index (χ3v) is 5.56. The molecule has 0 radical (unpaired) electrons. The Kier molecular flexibility index (Phi) is 5.97. The molecule has 1 aliphatic heterocycles. The lowest BCUT2D eigenvalue weighted by Gasteiger charge is -2.41. The smallest absolute Gasteiger partial charge is 0.257 e. The topological polar surface area (TPSA) is 64.3 Å². The quantitative estimate of drug-likeness (QED) is 0.605. The third-order valence-electron chi connectivity index (χ3n) is 5.56. The van der Waals surface area contributed by atoms with Crippen molar-refractivity contribution in [1.29, 1.82) is 0 Å². The molecule has 29 heavy (non-hydrogen) atoms. The van der Waals surface area contributed by atoms with Gasteiger partial charge in [0.2, 0.25) is 0 Å². The maximum absolute atomic E-state index is 13.2. The average molecular weight is 396 g/mol. The molecule has 4 rings (SSSR count). The number of hydrogen-bond acceptors (Lipinski definition) is 6. The fourth-order valence-electron chi connectivity index (χ4n) is 4.06. The van der Waals surface area contributed by atoms with Gasteiger partial charge in [0, 0.05) is 50.2 Å². The Balaban J connectivity index is 1.58. The number of rotatable bonds is 7. The van der Waals surface area contributed by atoms with Gasteiger partial charge in [-0.2, -0.15) is 4.98 Å². The summed E-state index contributed by atoms with van der Waals surface area (Å²) in [4.78, 5) is 11.4. The van der Waals surface area contributed by atoms with Crippen molar-refractivity contribution < 1.29 is 13.7 Å². The van der Waals surface area contributed by atoms with Crippen LogP contribution in [-0.4, -0.2) is 46.8 Å². The highest BCUT2D eigenvalue weighted by Crippen LogP contribution is 2.37. The number of halogens is 1. The summed E-state index contributed by atoms with van der Waals surface area (Å²) in [7, 11) is 1.71. The SMILES string of the molecule is COCCC1(c2noc(-c3ccc(F)cc3)n2)CCCN(Cc2cccnc2)C1. The van der Waals surface area contributed by atoms with E-state index in [4.69, 9.17) is 14.2 Å². The zero-order valence-electron chi connectivity index (χ0n) is 16.6. The van der Waals surface area contributed by atoms with Crippen LogP contribution in [0.1, 0.15) is 30.7 Å². The second kappa shape index (κ2) is 8.80. The number of benzene rings is 1. The summed E-state index contributed by atoms with van der Waals surface area (Å²) in [5.41, 5.74) is 1.67. The van der Waals surface area contributed by atoms with E-state index in [9.17, 15) is 4.39 Å². The number of nitrogens with zero attached hydrogens (tertiary/aromatic N) is 4. The van der Waals surface area contributed by atoms with E-state index in [0.717, 1.165) is 44.5 Å². The van der Waals surface area contributed by atoms with E-state index in [0.29, 0.717) is 18.3 Å². The molecule has 1 unspecified atom stereocenters. The first-order valence-corrected chi connectivity index (χ1v) is 9.89. The highest BCUT2D eigenvalue weighted by molar-refractivity contribution is 5.52. The van der Waals surface area contributed by atoms with Gasteiger partial charge in [0.25, 0.3) is 5.89 Å². The van der Waals surface area contributed by atoms with Gasteiger partial charge in [-0.15, -0.1) is 0 Å². The summed E-state index contributed by atoms with van der Waals surface area (Å²) in [6.45, 7) is 3.31. The van der Waals surface area contributed by atoms with Crippen LogP contribution < -0.4 is 0 Å². The van der Waals surface area contributed by atoms with Crippen LogP contribution in [0.2, 0.25) is 0 Å². The van der Waals surface area contributed by atoms with Crippen LogP contribution in [0.5, 0.6) is 0 Å². The van der Waals surface area contributed by atoms with Gasteiger partial charge in [0.1, 0.15) is 5.82 Å². The predicted molar refractivity (Wildman–Crippen MR) is 107 cm³/mol. The van der Waals surface area contributed by atoms with Crippen molar-refractivity contribution in [3.05, 3.63) is 66.0 Å². The molecular weight excluding hydrogens is 371 g/mol. The fraction of sp³-hybridized carbons (Fsp3) is 0.409. The molecule has 1 saturated heterocycles. The van der Waals surface area contributed by atoms with Gasteiger partial charge in [0.15, 0.2) is 5.82 Å². The predicted octanol–water partition coefficient (Wildman–Crippen LogP) is 3.84. The van der Waals surface area contributed by atoms with E-state index in [2.05, 4.69) is 21.1 Å². The molecule has 0 amide bonds. The van der Waals surface area contributed by atoms with Crippen molar-refractivity contribution in [2.24, 2.45) is 0 Å². The molecule has 0 N–H and O–H groups in total. The minimum absolute atomic E-state index is 0.238. The molecule has 2 aromatic heterocycles. The van der Waals surface area contributed by atoms with Gasteiger partial charge in [-0.1, -0.05) is 11.2 Å². The van der Waals surface area contributed by atoms with Crippen LogP contribution in [0.4, 0.5) is 4.39 Å². The summed E-state index contributed by atoms with van der Waals surface area (Å²) in [6.07, 6.45) is 6.54. The minimum Gasteiger partial charge on any atom is -0.385 e. The maximum Gasteiger partial charge on any atom is 0.257 e. The molecule has 3 heterocycles. The van der Waals surface area contributed by atoms with Gasteiger partial charge >= 0.3 is 0 Å². The molecule has 0 spiro atoms. The largest absolute Gasteiger partial charge is 0.385 e. The second-order valence-electron chi connectivity index (χ2n) is 7.63. The van der Waals surface area contributed by atoms with Crippen LogP contribution in [0.3, 0.4) is 0 Å². The highest BCUT2D eigenvalue weighted by Gasteiger charge is 2.41. The third kappa shape index (κ3) is 4.52. The summed E-state index contributed by atoms with van der Waals surface area (Å²) in [5, 5.41) is 4.33. The molecule has 0 saturated carbocycles. The van der Waals surface area contributed by atoms with Crippen LogP contribution in [0, 0.1) is 5.82 Å². The highest BCUT2D eigenvalue weighted by atomic mass is 19.1. The second-order valence-corrected chi connectivity index (χ2v) is 7.63. The Bertz CT molecular complexity index is 916. The zero-order valence-corrected chi connectivity index (χ0v) is 16.6. The number of ether oxygens (including phenoxy) is 1. The molecular formula is C22H25FN4O2. The van der Waals surface area contributed by atoms with E-state index >= 15 is 0 Å². The molecule has 152 valence electrons. The molecule has 1 aliphatic rings. The number of methoxy groups -OCH3 is 1. The summed E-state index contributed by atoms with van der Waals surface area (Å²) >= 11 is 0. The van der Waals surface area contributed by atoms with Crippen molar-refractivity contribution in [3.8, 4) is 11.5 Å². The lowest BCUT2D eigenvalue weighted by Crippen LogP contribution is -2.47. The summed E-state index contributed by atoms with van der Waals surface area (Å²) in [6, 6.07) is 10.2.